The number of anilines is 1. The van der Waals surface area contributed by atoms with Crippen LogP contribution in [0.5, 0.6) is 11.6 Å². The largest absolute Gasteiger partial charge is 0.437 e. The lowest BCUT2D eigenvalue weighted by Gasteiger charge is -2.09. The van der Waals surface area contributed by atoms with E-state index >= 15 is 0 Å². The summed E-state index contributed by atoms with van der Waals surface area (Å²) in [4.78, 5) is 4.02. The first-order chi connectivity index (χ1) is 8.45. The molecule has 0 spiro atoms. The van der Waals surface area contributed by atoms with Gasteiger partial charge in [0.05, 0.1) is 5.02 Å². The second-order valence-electron chi connectivity index (χ2n) is 4.07. The van der Waals surface area contributed by atoms with Gasteiger partial charge in [-0.1, -0.05) is 29.3 Å². The van der Waals surface area contributed by atoms with Gasteiger partial charge in [-0.3, -0.25) is 0 Å². The number of benzene rings is 1. The van der Waals surface area contributed by atoms with Gasteiger partial charge in [-0.15, -0.1) is 0 Å². The Morgan fingerprint density at radius 2 is 1.61 bits per heavy atom. The summed E-state index contributed by atoms with van der Waals surface area (Å²) in [5.74, 6) is 1.12. The monoisotopic (exact) mass is 282 g/mol. The average molecular weight is 283 g/mol. The Balaban J connectivity index is 2.36. The molecule has 3 nitrogen and oxygen atoms in total. The number of halogens is 2. The summed E-state index contributed by atoms with van der Waals surface area (Å²) >= 11 is 11.8. The Kier molecular flexibility index (Phi) is 3.64. The van der Waals surface area contributed by atoms with Gasteiger partial charge < -0.3 is 10.5 Å². The van der Waals surface area contributed by atoms with Crippen molar-refractivity contribution in [2.45, 2.75) is 13.8 Å². The Morgan fingerprint density at radius 1 is 1.00 bits per heavy atom. The molecule has 0 radical (unpaired) electrons. The molecule has 0 aliphatic rings. The van der Waals surface area contributed by atoms with Gasteiger partial charge in [0.1, 0.15) is 16.6 Å². The Hall–Kier alpha value is -1.45. The van der Waals surface area contributed by atoms with Crippen molar-refractivity contribution in [3.63, 3.8) is 0 Å². The summed E-state index contributed by atoms with van der Waals surface area (Å²) in [6, 6.07) is 7.37. The maximum atomic E-state index is 6.00. The third-order valence-corrected chi connectivity index (χ3v) is 2.91. The van der Waals surface area contributed by atoms with Crippen LogP contribution < -0.4 is 10.5 Å². The molecular weight excluding hydrogens is 271 g/mol. The number of aromatic nitrogens is 1. The molecule has 0 amide bonds. The van der Waals surface area contributed by atoms with Crippen LogP contribution in [0.15, 0.2) is 24.3 Å². The van der Waals surface area contributed by atoms with E-state index in [-0.39, 0.29) is 11.7 Å². The van der Waals surface area contributed by atoms with Crippen molar-refractivity contribution < 1.29 is 4.74 Å². The molecule has 0 bridgehead atoms. The second-order valence-corrected chi connectivity index (χ2v) is 4.88. The van der Waals surface area contributed by atoms with Gasteiger partial charge >= 0.3 is 0 Å². The summed E-state index contributed by atoms with van der Waals surface area (Å²) in [5.41, 5.74) is 7.82. The highest BCUT2D eigenvalue weighted by molar-refractivity contribution is 6.36. The molecular formula is C13H12Cl2N2O. The first-order valence-electron chi connectivity index (χ1n) is 5.33. The fourth-order valence-corrected chi connectivity index (χ4v) is 2.04. The minimum Gasteiger partial charge on any atom is -0.437 e. The number of nitrogen functional groups attached to an aromatic ring is 1. The van der Waals surface area contributed by atoms with E-state index in [0.29, 0.717) is 15.8 Å². The second kappa shape index (κ2) is 5.04. The number of nitrogens with zero attached hydrogens (tertiary/aromatic N) is 1. The lowest BCUT2D eigenvalue weighted by Crippen LogP contribution is -1.96. The number of nitrogens with two attached hydrogens (primary N) is 1. The predicted molar refractivity (Wildman–Crippen MR) is 74.7 cm³/mol. The smallest absolute Gasteiger partial charge is 0.240 e. The molecule has 0 aliphatic carbocycles. The van der Waals surface area contributed by atoms with Crippen LogP contribution in [0, 0.1) is 13.8 Å². The molecule has 1 heterocycles. The zero-order valence-electron chi connectivity index (χ0n) is 10.00. The van der Waals surface area contributed by atoms with Crippen molar-refractivity contribution in [2.24, 2.45) is 0 Å². The highest BCUT2D eigenvalue weighted by Gasteiger charge is 2.09. The maximum Gasteiger partial charge on any atom is 0.240 e. The van der Waals surface area contributed by atoms with Gasteiger partial charge in [-0.05, 0) is 43.2 Å². The molecule has 5 heteroatoms. The molecule has 2 N–H and O–H groups in total. The normalized spacial score (nSPS) is 10.4. The Morgan fingerprint density at radius 3 is 2.22 bits per heavy atom. The minimum absolute atomic E-state index is 0.195. The van der Waals surface area contributed by atoms with Crippen LogP contribution in [-0.2, 0) is 0 Å². The fourth-order valence-electron chi connectivity index (χ4n) is 1.64. The molecule has 0 fully saturated rings. The number of pyridine rings is 1. The number of rotatable bonds is 2. The fraction of sp³-hybridized carbons (Fsp3) is 0.154. The summed E-state index contributed by atoms with van der Waals surface area (Å²) in [5, 5.41) is 0.640. The van der Waals surface area contributed by atoms with Crippen LogP contribution in [0.2, 0.25) is 10.0 Å². The van der Waals surface area contributed by atoms with E-state index in [9.17, 15) is 0 Å². The van der Waals surface area contributed by atoms with Crippen molar-refractivity contribution in [1.82, 2.24) is 4.98 Å². The van der Waals surface area contributed by atoms with Crippen LogP contribution in [0.1, 0.15) is 11.1 Å². The van der Waals surface area contributed by atoms with Crippen molar-refractivity contribution in [2.75, 3.05) is 5.73 Å². The van der Waals surface area contributed by atoms with Gasteiger partial charge in [0, 0.05) is 0 Å². The van der Waals surface area contributed by atoms with Crippen LogP contribution in [0.3, 0.4) is 0 Å². The van der Waals surface area contributed by atoms with E-state index in [1.807, 2.05) is 26.0 Å². The molecule has 0 unspecified atom stereocenters. The Bertz CT molecular complexity index is 580. The summed E-state index contributed by atoms with van der Waals surface area (Å²) in [6.45, 7) is 3.98. The molecule has 1 aromatic heterocycles. The highest BCUT2D eigenvalue weighted by Crippen LogP contribution is 2.32. The number of ether oxygens (including phenoxy) is 1. The Labute approximate surface area is 115 Å². The van der Waals surface area contributed by atoms with Crippen LogP contribution in [0.25, 0.3) is 0 Å². The van der Waals surface area contributed by atoms with E-state index in [1.54, 1.807) is 0 Å². The van der Waals surface area contributed by atoms with E-state index in [0.717, 1.165) is 11.1 Å². The van der Waals surface area contributed by atoms with Crippen molar-refractivity contribution >= 4 is 29.0 Å². The van der Waals surface area contributed by atoms with Crippen LogP contribution in [0.4, 0.5) is 5.82 Å². The molecule has 94 valence electrons. The van der Waals surface area contributed by atoms with E-state index in [2.05, 4.69) is 11.1 Å². The summed E-state index contributed by atoms with van der Waals surface area (Å²) in [7, 11) is 0. The maximum absolute atomic E-state index is 6.00. The lowest BCUT2D eigenvalue weighted by molar-refractivity contribution is 0.463. The first-order valence-corrected chi connectivity index (χ1v) is 6.09. The SMILES string of the molecule is Cc1cc(C)cc(Oc2nc(N)c(Cl)cc2Cl)c1. The van der Waals surface area contributed by atoms with Crippen LogP contribution >= 0.6 is 23.2 Å². The van der Waals surface area contributed by atoms with Gasteiger partial charge in [0.25, 0.3) is 0 Å². The standard InChI is InChI=1S/C13H12Cl2N2O/c1-7-3-8(2)5-9(4-7)18-13-11(15)6-10(14)12(16)17-13/h3-6H,1-2H3,(H2,16,17). The summed E-state index contributed by atoms with van der Waals surface area (Å²) in [6.07, 6.45) is 0. The molecule has 18 heavy (non-hydrogen) atoms. The highest BCUT2D eigenvalue weighted by atomic mass is 35.5. The summed E-state index contributed by atoms with van der Waals surface area (Å²) < 4.78 is 5.62. The zero-order chi connectivity index (χ0) is 13.3. The third-order valence-electron chi connectivity index (χ3n) is 2.33. The lowest BCUT2D eigenvalue weighted by atomic mass is 10.1. The van der Waals surface area contributed by atoms with E-state index in [1.165, 1.54) is 6.07 Å². The molecule has 2 rings (SSSR count). The molecule has 0 saturated carbocycles. The van der Waals surface area contributed by atoms with E-state index in [4.69, 9.17) is 33.7 Å². The van der Waals surface area contributed by atoms with Gasteiger partial charge in [0.15, 0.2) is 0 Å². The third kappa shape index (κ3) is 2.86. The number of hydrogen-bond acceptors (Lipinski definition) is 3. The van der Waals surface area contributed by atoms with Gasteiger partial charge in [0.2, 0.25) is 5.88 Å². The van der Waals surface area contributed by atoms with E-state index < -0.39 is 0 Å². The molecule has 1 aromatic carbocycles. The van der Waals surface area contributed by atoms with Crippen LogP contribution in [-0.4, -0.2) is 4.98 Å². The first kappa shape index (κ1) is 13.0. The van der Waals surface area contributed by atoms with Crippen molar-refractivity contribution in [1.29, 1.82) is 0 Å². The minimum atomic E-state index is 0.195. The molecule has 0 saturated heterocycles. The number of hydrogen-bond donors (Lipinski definition) is 1. The van der Waals surface area contributed by atoms with Gasteiger partial charge in [-0.25, -0.2) is 0 Å². The molecule has 2 aromatic rings. The van der Waals surface area contributed by atoms with Gasteiger partial charge in [-0.2, -0.15) is 4.98 Å². The molecule has 0 atom stereocenters. The molecule has 0 aliphatic heterocycles. The number of aryl methyl sites for hydroxylation is 2. The topological polar surface area (TPSA) is 48.1 Å². The zero-order valence-corrected chi connectivity index (χ0v) is 11.5. The van der Waals surface area contributed by atoms with Crippen molar-refractivity contribution in [3.05, 3.63) is 45.4 Å². The van der Waals surface area contributed by atoms with Crippen molar-refractivity contribution in [3.8, 4) is 11.6 Å². The average Bonchev–Trinajstić information content (AvgIpc) is 2.24. The quantitative estimate of drug-likeness (QED) is 0.889. The predicted octanol–water partition coefficient (Wildman–Crippen LogP) is 4.38.